The van der Waals surface area contributed by atoms with Gasteiger partial charge in [0, 0.05) is 31.1 Å². The molecule has 4 aromatic rings. The summed E-state index contributed by atoms with van der Waals surface area (Å²) in [5.74, 6) is -0.518. The molecule has 178 valence electrons. The Hall–Kier alpha value is -4.30. The number of hydrogen-bond acceptors (Lipinski definition) is 8. The van der Waals surface area contributed by atoms with E-state index in [1.54, 1.807) is 0 Å². The topological polar surface area (TPSA) is 141 Å². The number of aryl methyl sites for hydroxylation is 1. The molecule has 34 heavy (non-hydrogen) atoms. The maximum absolute atomic E-state index is 13.9. The van der Waals surface area contributed by atoms with Gasteiger partial charge in [0.1, 0.15) is 5.69 Å². The number of alkyl halides is 4. The molecule has 2 N–H and O–H groups in total. The molecule has 4 rings (SSSR count). The fraction of sp³-hybridized carbons (Fsp3) is 0.263. The Labute approximate surface area is 186 Å². The fourth-order valence-corrected chi connectivity index (χ4v) is 3.05. The van der Waals surface area contributed by atoms with Crippen LogP contribution in [0.25, 0.3) is 22.3 Å². The van der Waals surface area contributed by atoms with Crippen LogP contribution in [0.5, 0.6) is 11.8 Å². The maximum atomic E-state index is 13.9. The monoisotopic (exact) mass is 481 g/mol. The molecule has 0 radical (unpaired) electrons. The average molecular weight is 481 g/mol. The van der Waals surface area contributed by atoms with Crippen molar-refractivity contribution in [3.05, 3.63) is 57.0 Å². The van der Waals surface area contributed by atoms with Crippen LogP contribution < -0.4 is 20.7 Å². The Kier molecular flexibility index (Phi) is 6.25. The molecule has 4 aromatic heterocycles. The second-order valence-corrected chi connectivity index (χ2v) is 6.88. The number of ether oxygens (including phenoxy) is 2. The minimum absolute atomic E-state index is 0.0239. The van der Waals surface area contributed by atoms with Crippen LogP contribution in [-0.4, -0.2) is 54.4 Å². The van der Waals surface area contributed by atoms with Gasteiger partial charge in [0.25, 0.3) is 18.4 Å². The van der Waals surface area contributed by atoms with E-state index in [1.807, 2.05) is 4.98 Å². The molecule has 15 heteroatoms. The molecule has 1 atom stereocenters. The largest absolute Gasteiger partial charge is 0.472 e. The zero-order valence-electron chi connectivity index (χ0n) is 17.2. The molecule has 0 saturated carbocycles. The van der Waals surface area contributed by atoms with E-state index in [1.165, 1.54) is 23.9 Å². The van der Waals surface area contributed by atoms with Crippen molar-refractivity contribution in [1.82, 2.24) is 34.9 Å². The van der Waals surface area contributed by atoms with Gasteiger partial charge >= 0.3 is 5.69 Å². The molecule has 0 saturated heterocycles. The van der Waals surface area contributed by atoms with Gasteiger partial charge in [0.2, 0.25) is 11.8 Å². The SMILES string of the molecule is Cn1nc(O[C@@H](c2ccnc(OCC(F)F)c2)C(F)F)c2cc(-c3c[nH]c(=O)[nH]c3=O)nnc21. The molecule has 0 aromatic carbocycles. The van der Waals surface area contributed by atoms with Gasteiger partial charge in [-0.05, 0) is 12.1 Å². The molecule has 0 fully saturated rings. The molecule has 0 aliphatic heterocycles. The van der Waals surface area contributed by atoms with Gasteiger partial charge in [-0.15, -0.1) is 15.3 Å². The second-order valence-electron chi connectivity index (χ2n) is 6.88. The number of halogens is 4. The third kappa shape index (κ3) is 4.72. The van der Waals surface area contributed by atoms with E-state index in [0.717, 1.165) is 18.5 Å². The summed E-state index contributed by atoms with van der Waals surface area (Å²) in [6.45, 7) is -0.952. The highest BCUT2D eigenvalue weighted by Gasteiger charge is 2.28. The van der Waals surface area contributed by atoms with Crippen molar-refractivity contribution in [3.63, 3.8) is 0 Å². The molecule has 0 aliphatic rings. The standard InChI is InChI=1S/C19H15F4N7O4/c1-30-16-9(5-11(27-28-16)10-6-25-19(32)26-17(10)31)18(29-30)34-14(15(22)23)8-2-3-24-13(4-8)33-7-12(20)21/h2-6,12,14-15H,7H2,1H3,(H2,25,26,31,32)/t14-/m0/s1. The summed E-state index contributed by atoms with van der Waals surface area (Å²) in [5.41, 5.74) is -1.37. The van der Waals surface area contributed by atoms with Crippen molar-refractivity contribution in [2.24, 2.45) is 7.05 Å². The Bertz CT molecular complexity index is 1440. The first-order chi connectivity index (χ1) is 16.2. The van der Waals surface area contributed by atoms with E-state index in [0.29, 0.717) is 0 Å². The van der Waals surface area contributed by atoms with Gasteiger partial charge < -0.3 is 14.5 Å². The van der Waals surface area contributed by atoms with E-state index in [4.69, 9.17) is 9.47 Å². The van der Waals surface area contributed by atoms with Crippen molar-refractivity contribution >= 4 is 11.0 Å². The van der Waals surface area contributed by atoms with Crippen LogP contribution in [0.15, 0.2) is 40.2 Å². The molecule has 4 heterocycles. The Morgan fingerprint density at radius 1 is 1.15 bits per heavy atom. The number of pyridine rings is 1. The van der Waals surface area contributed by atoms with Gasteiger partial charge in [-0.25, -0.2) is 32.0 Å². The first-order valence-electron chi connectivity index (χ1n) is 9.57. The fourth-order valence-electron chi connectivity index (χ4n) is 3.05. The molecular formula is C19H15F4N7O4. The molecular weight excluding hydrogens is 466 g/mol. The summed E-state index contributed by atoms with van der Waals surface area (Å²) in [4.78, 5) is 31.4. The van der Waals surface area contributed by atoms with Crippen molar-refractivity contribution < 1.29 is 27.0 Å². The number of H-pyrrole nitrogens is 2. The predicted molar refractivity (Wildman–Crippen MR) is 108 cm³/mol. The number of nitrogens with zero attached hydrogens (tertiary/aromatic N) is 5. The second kappa shape index (κ2) is 9.29. The number of hydrogen-bond donors (Lipinski definition) is 2. The first kappa shape index (κ1) is 22.9. The normalized spacial score (nSPS) is 12.4. The quantitative estimate of drug-likeness (QED) is 0.363. The number of aromatic amines is 2. The van der Waals surface area contributed by atoms with Crippen molar-refractivity contribution in [3.8, 4) is 23.0 Å². The van der Waals surface area contributed by atoms with Crippen LogP contribution in [-0.2, 0) is 7.05 Å². The van der Waals surface area contributed by atoms with E-state index in [9.17, 15) is 27.2 Å². The number of aromatic nitrogens is 7. The molecule has 11 nitrogen and oxygen atoms in total. The summed E-state index contributed by atoms with van der Waals surface area (Å²) >= 11 is 0. The van der Waals surface area contributed by atoms with E-state index in [2.05, 4.69) is 25.3 Å². The van der Waals surface area contributed by atoms with E-state index in [-0.39, 0.29) is 39.6 Å². The molecule has 0 amide bonds. The molecule has 0 bridgehead atoms. The number of nitrogens with one attached hydrogen (secondary N) is 2. The van der Waals surface area contributed by atoms with Crippen LogP contribution in [0.2, 0.25) is 0 Å². The molecule has 0 spiro atoms. The third-order valence-electron chi connectivity index (χ3n) is 4.56. The van der Waals surface area contributed by atoms with Gasteiger partial charge in [-0.2, -0.15) is 0 Å². The van der Waals surface area contributed by atoms with E-state index >= 15 is 0 Å². The summed E-state index contributed by atoms with van der Waals surface area (Å²) in [6.07, 6.45) is -5.41. The number of fused-ring (bicyclic) bond motifs is 1. The summed E-state index contributed by atoms with van der Waals surface area (Å²) < 4.78 is 64.1. The lowest BCUT2D eigenvalue weighted by Gasteiger charge is -2.18. The first-order valence-corrected chi connectivity index (χ1v) is 9.57. The van der Waals surface area contributed by atoms with Crippen LogP contribution >= 0.6 is 0 Å². The highest BCUT2D eigenvalue weighted by atomic mass is 19.3. The third-order valence-corrected chi connectivity index (χ3v) is 4.56. The summed E-state index contributed by atoms with van der Waals surface area (Å²) in [7, 11) is 1.48. The Balaban J connectivity index is 1.71. The van der Waals surface area contributed by atoms with Gasteiger partial charge in [0.05, 0.1) is 10.9 Å². The van der Waals surface area contributed by atoms with Gasteiger partial charge in [-0.3, -0.25) is 9.78 Å². The predicted octanol–water partition coefficient (Wildman–Crippen LogP) is 1.83. The smallest absolute Gasteiger partial charge is 0.325 e. The van der Waals surface area contributed by atoms with Crippen LogP contribution in [0.4, 0.5) is 17.6 Å². The van der Waals surface area contributed by atoms with Crippen molar-refractivity contribution in [2.45, 2.75) is 19.0 Å². The highest BCUT2D eigenvalue weighted by Crippen LogP contribution is 2.33. The van der Waals surface area contributed by atoms with Crippen LogP contribution in [0.3, 0.4) is 0 Å². The lowest BCUT2D eigenvalue weighted by molar-refractivity contribution is 0.00815. The average Bonchev–Trinajstić information content (AvgIpc) is 3.10. The molecule has 0 aliphatic carbocycles. The minimum Gasteiger partial charge on any atom is -0.472 e. The van der Waals surface area contributed by atoms with Gasteiger partial charge in [0.15, 0.2) is 18.4 Å². The maximum Gasteiger partial charge on any atom is 0.325 e. The van der Waals surface area contributed by atoms with Gasteiger partial charge in [-0.1, -0.05) is 0 Å². The van der Waals surface area contributed by atoms with Crippen molar-refractivity contribution in [2.75, 3.05) is 6.61 Å². The summed E-state index contributed by atoms with van der Waals surface area (Å²) in [5, 5.41) is 12.1. The Morgan fingerprint density at radius 2 is 1.94 bits per heavy atom. The lowest BCUT2D eigenvalue weighted by Crippen LogP contribution is -2.22. The minimum atomic E-state index is -3.04. The van der Waals surface area contributed by atoms with Crippen LogP contribution in [0.1, 0.15) is 11.7 Å². The van der Waals surface area contributed by atoms with E-state index < -0.39 is 36.8 Å². The van der Waals surface area contributed by atoms with Crippen molar-refractivity contribution in [1.29, 1.82) is 0 Å². The van der Waals surface area contributed by atoms with Crippen LogP contribution in [0, 0.1) is 0 Å². The number of rotatable bonds is 8. The zero-order chi connectivity index (χ0) is 24.4. The zero-order valence-corrected chi connectivity index (χ0v) is 17.2. The summed E-state index contributed by atoms with van der Waals surface area (Å²) in [6, 6.07) is 3.64. The highest BCUT2D eigenvalue weighted by molar-refractivity contribution is 5.84. The Morgan fingerprint density at radius 3 is 2.65 bits per heavy atom. The lowest BCUT2D eigenvalue weighted by atomic mass is 10.1. The molecule has 0 unspecified atom stereocenters.